The third kappa shape index (κ3) is 9.18. The Bertz CT molecular complexity index is 2090. The zero-order chi connectivity index (χ0) is 38.4. The number of aliphatic hydroxyl groups excluding tert-OH is 1. The van der Waals surface area contributed by atoms with Crippen molar-refractivity contribution in [2.45, 2.75) is 78.1 Å². The number of thiazole rings is 1. The number of likely N-dealkylation sites (tertiary alicyclic amines) is 1. The van der Waals surface area contributed by atoms with Crippen molar-refractivity contribution in [3.8, 4) is 38.6 Å². The fourth-order valence-corrected chi connectivity index (χ4v) is 7.49. The maximum absolute atomic E-state index is 14.0. The molecule has 2 aromatic heterocycles. The van der Waals surface area contributed by atoms with E-state index < -0.39 is 23.6 Å². The maximum Gasteiger partial charge on any atom is 0.246 e. The largest absolute Gasteiger partial charge is 0.507 e. The van der Waals surface area contributed by atoms with Crippen molar-refractivity contribution in [1.29, 1.82) is 0 Å². The van der Waals surface area contributed by atoms with E-state index in [1.165, 1.54) is 4.90 Å². The van der Waals surface area contributed by atoms with Crippen molar-refractivity contribution < 1.29 is 24.6 Å². The van der Waals surface area contributed by atoms with Gasteiger partial charge in [0.2, 0.25) is 17.7 Å². The second kappa shape index (κ2) is 16.7. The lowest BCUT2D eigenvalue weighted by atomic mass is 9.85. The van der Waals surface area contributed by atoms with Gasteiger partial charge in [-0.05, 0) is 65.6 Å². The number of rotatable bonds is 12. The van der Waals surface area contributed by atoms with Crippen molar-refractivity contribution in [3.05, 3.63) is 107 Å². The molecule has 3 atom stereocenters. The molecule has 3 aromatic carbocycles. The first-order valence-corrected chi connectivity index (χ1v) is 19.0. The van der Waals surface area contributed by atoms with Crippen LogP contribution in [0.3, 0.4) is 0 Å². The average Bonchev–Trinajstić information content (AvgIpc) is 3.78. The third-order valence-corrected chi connectivity index (χ3v) is 10.7. The quantitative estimate of drug-likeness (QED) is 0.120. The smallest absolute Gasteiger partial charge is 0.246 e. The Kier molecular flexibility index (Phi) is 11.8. The van der Waals surface area contributed by atoms with Gasteiger partial charge in [0.05, 0.1) is 34.1 Å². The summed E-state index contributed by atoms with van der Waals surface area (Å²) in [5, 5.41) is 35.0. The van der Waals surface area contributed by atoms with Crippen LogP contribution in [0.5, 0.6) is 5.75 Å². The SMILES string of the molecule is Cc1ncsc1-c1ccc(CNC(=O)[C@@H]2C[C@@H](O)CN2C(=O)[C@@H](NC(=O)CCCc2ccc(-c3cnnc(-c4ccccc4O)c3)cc2)C(C)(C)C)cc1. The second-order valence-corrected chi connectivity index (χ2v) is 15.7. The summed E-state index contributed by atoms with van der Waals surface area (Å²) in [7, 11) is 0. The average molecular weight is 747 g/mol. The summed E-state index contributed by atoms with van der Waals surface area (Å²) < 4.78 is 0. The van der Waals surface area contributed by atoms with Crippen molar-refractivity contribution >= 4 is 29.1 Å². The Hall–Kier alpha value is -5.46. The molecule has 3 amide bonds. The lowest BCUT2D eigenvalue weighted by Gasteiger charge is -2.35. The molecule has 0 bridgehead atoms. The molecule has 5 aromatic rings. The summed E-state index contributed by atoms with van der Waals surface area (Å²) in [4.78, 5) is 47.5. The first-order chi connectivity index (χ1) is 25.9. The van der Waals surface area contributed by atoms with Gasteiger partial charge < -0.3 is 25.7 Å². The van der Waals surface area contributed by atoms with Crippen molar-refractivity contribution in [3.63, 3.8) is 0 Å². The highest BCUT2D eigenvalue weighted by Crippen LogP contribution is 2.31. The first-order valence-electron chi connectivity index (χ1n) is 18.1. The minimum Gasteiger partial charge on any atom is -0.507 e. The van der Waals surface area contributed by atoms with Crippen LogP contribution in [0.2, 0.25) is 0 Å². The number of nitrogens with zero attached hydrogens (tertiary/aromatic N) is 4. The number of para-hydroxylation sites is 1. The zero-order valence-corrected chi connectivity index (χ0v) is 31.8. The Labute approximate surface area is 319 Å². The first kappa shape index (κ1) is 38.3. The molecule has 11 nitrogen and oxygen atoms in total. The number of aromatic hydroxyl groups is 1. The molecule has 3 heterocycles. The van der Waals surface area contributed by atoms with Crippen LogP contribution in [-0.4, -0.2) is 72.7 Å². The molecule has 54 heavy (non-hydrogen) atoms. The molecule has 0 saturated carbocycles. The van der Waals surface area contributed by atoms with E-state index in [2.05, 4.69) is 25.8 Å². The minimum atomic E-state index is -0.885. The van der Waals surface area contributed by atoms with E-state index in [-0.39, 0.29) is 49.4 Å². The number of β-amino-alcohol motifs (C(OH)–C–C–N with tert-alkyl or cyclic N) is 1. The number of phenolic OH excluding ortho intramolecular Hbond substituents is 1. The summed E-state index contributed by atoms with van der Waals surface area (Å²) in [6.07, 6.45) is 2.41. The van der Waals surface area contributed by atoms with Gasteiger partial charge >= 0.3 is 0 Å². The van der Waals surface area contributed by atoms with E-state index in [1.54, 1.807) is 35.7 Å². The summed E-state index contributed by atoms with van der Waals surface area (Å²) in [5.41, 5.74) is 8.18. The summed E-state index contributed by atoms with van der Waals surface area (Å²) >= 11 is 1.58. The second-order valence-electron chi connectivity index (χ2n) is 14.8. The maximum atomic E-state index is 14.0. The van der Waals surface area contributed by atoms with Gasteiger partial charge in [0.25, 0.3) is 0 Å². The molecular formula is C42H46N6O5S. The highest BCUT2D eigenvalue weighted by atomic mass is 32.1. The van der Waals surface area contributed by atoms with Crippen molar-refractivity contribution in [1.82, 2.24) is 30.7 Å². The van der Waals surface area contributed by atoms with Gasteiger partial charge in [-0.15, -0.1) is 11.3 Å². The van der Waals surface area contributed by atoms with Gasteiger partial charge in [-0.1, -0.05) is 81.4 Å². The molecule has 1 aliphatic rings. The normalized spacial score (nSPS) is 16.2. The number of aryl methyl sites for hydroxylation is 2. The number of hydrogen-bond donors (Lipinski definition) is 4. The van der Waals surface area contributed by atoms with E-state index in [4.69, 9.17) is 0 Å². The van der Waals surface area contributed by atoms with Crippen LogP contribution in [0.1, 0.15) is 56.9 Å². The molecule has 280 valence electrons. The van der Waals surface area contributed by atoms with Crippen molar-refractivity contribution in [2.75, 3.05) is 6.54 Å². The Balaban J connectivity index is 1.02. The Morgan fingerprint density at radius 1 is 0.963 bits per heavy atom. The van der Waals surface area contributed by atoms with Gasteiger partial charge in [0.1, 0.15) is 17.8 Å². The predicted molar refractivity (Wildman–Crippen MR) is 209 cm³/mol. The van der Waals surface area contributed by atoms with E-state index >= 15 is 0 Å². The molecule has 0 unspecified atom stereocenters. The summed E-state index contributed by atoms with van der Waals surface area (Å²) in [6.45, 7) is 7.89. The van der Waals surface area contributed by atoms with Crippen LogP contribution in [0.4, 0.5) is 0 Å². The number of benzene rings is 3. The van der Waals surface area contributed by atoms with Gasteiger partial charge in [0, 0.05) is 37.1 Å². The molecule has 1 fully saturated rings. The topological polar surface area (TPSA) is 158 Å². The summed E-state index contributed by atoms with van der Waals surface area (Å²) in [5.74, 6) is -0.843. The Morgan fingerprint density at radius 3 is 2.35 bits per heavy atom. The highest BCUT2D eigenvalue weighted by molar-refractivity contribution is 7.13. The molecular weight excluding hydrogens is 701 g/mol. The summed E-state index contributed by atoms with van der Waals surface area (Å²) in [6, 6.07) is 23.1. The van der Waals surface area contributed by atoms with Gasteiger partial charge in [-0.2, -0.15) is 10.2 Å². The molecule has 6 rings (SSSR count). The number of aromatic nitrogens is 3. The number of phenols is 1. The van der Waals surface area contributed by atoms with Crippen LogP contribution < -0.4 is 10.6 Å². The zero-order valence-electron chi connectivity index (χ0n) is 31.0. The fourth-order valence-electron chi connectivity index (χ4n) is 6.68. The minimum absolute atomic E-state index is 0.0177. The lowest BCUT2D eigenvalue weighted by Crippen LogP contribution is -2.57. The number of nitrogens with one attached hydrogen (secondary N) is 2. The fraction of sp³-hybridized carbons (Fsp3) is 0.333. The molecule has 12 heteroatoms. The molecule has 1 aliphatic heterocycles. The van der Waals surface area contributed by atoms with Crippen LogP contribution in [0, 0.1) is 12.3 Å². The Morgan fingerprint density at radius 2 is 1.67 bits per heavy atom. The van der Waals surface area contributed by atoms with Crippen LogP contribution in [0.15, 0.2) is 90.6 Å². The number of amides is 3. The predicted octanol–water partition coefficient (Wildman–Crippen LogP) is 6.08. The number of aliphatic hydroxyl groups is 1. The van der Waals surface area contributed by atoms with Crippen LogP contribution in [0.25, 0.3) is 32.8 Å². The van der Waals surface area contributed by atoms with Crippen LogP contribution >= 0.6 is 11.3 Å². The van der Waals surface area contributed by atoms with E-state index in [0.717, 1.165) is 38.4 Å². The lowest BCUT2D eigenvalue weighted by molar-refractivity contribution is -0.144. The van der Waals surface area contributed by atoms with E-state index in [9.17, 15) is 24.6 Å². The molecule has 4 N–H and O–H groups in total. The standard InChI is InChI=1S/C42H46N6O5S/c1-26-38(54-25-44-26)30-18-14-28(15-19-30)22-43-40(52)35-21-32(49)24-48(35)41(53)39(42(2,3)4)46-37(51)11-7-8-27-12-16-29(17-13-27)31-20-34(47-45-23-31)33-9-5-6-10-36(33)50/h5-6,9-10,12-20,23,25,32,35,39,49-50H,7-8,11,21-22,24H2,1-4H3,(H,43,52)(H,46,51)/t32-,35+,39-/m1/s1. The van der Waals surface area contributed by atoms with E-state index in [1.807, 2.05) is 93.9 Å². The molecule has 0 spiro atoms. The van der Waals surface area contributed by atoms with Crippen molar-refractivity contribution in [2.24, 2.45) is 5.41 Å². The van der Waals surface area contributed by atoms with Gasteiger partial charge in [-0.25, -0.2) is 4.98 Å². The molecule has 1 saturated heterocycles. The van der Waals surface area contributed by atoms with Crippen LogP contribution in [-0.2, 0) is 27.3 Å². The molecule has 0 radical (unpaired) electrons. The number of hydrogen-bond acceptors (Lipinski definition) is 9. The monoisotopic (exact) mass is 746 g/mol. The van der Waals surface area contributed by atoms with Gasteiger partial charge in [-0.3, -0.25) is 14.4 Å². The highest BCUT2D eigenvalue weighted by Gasteiger charge is 2.44. The number of carbonyl (C=O) groups excluding carboxylic acids is 3. The molecule has 0 aliphatic carbocycles. The number of carbonyl (C=O) groups is 3. The van der Waals surface area contributed by atoms with Gasteiger partial charge in [0.15, 0.2) is 0 Å². The third-order valence-electron chi connectivity index (χ3n) is 9.70. The van der Waals surface area contributed by atoms with E-state index in [0.29, 0.717) is 24.1 Å².